The van der Waals surface area contributed by atoms with Gasteiger partial charge in [0.25, 0.3) is 0 Å². The van der Waals surface area contributed by atoms with Crippen molar-refractivity contribution in [2.75, 3.05) is 6.54 Å². The van der Waals surface area contributed by atoms with E-state index in [2.05, 4.69) is 17.3 Å². The number of aliphatic hydroxyl groups is 1. The molecule has 1 unspecified atom stereocenters. The molecule has 1 heterocycles. The van der Waals surface area contributed by atoms with Gasteiger partial charge in [-0.1, -0.05) is 64.4 Å². The van der Waals surface area contributed by atoms with Crippen LogP contribution >= 0.6 is 0 Å². The molecule has 0 fully saturated rings. The molecule has 0 spiro atoms. The van der Waals surface area contributed by atoms with Crippen LogP contribution in [-0.2, 0) is 16.0 Å². The molecule has 0 radical (unpaired) electrons. The number of hydrogen-bond acceptors (Lipinski definition) is 4. The molecule has 148 valence electrons. The Bertz CT molecular complexity index is 694. The maximum absolute atomic E-state index is 12.7. The van der Waals surface area contributed by atoms with E-state index in [0.717, 1.165) is 29.1 Å². The average Bonchev–Trinajstić information content (AvgIpc) is 2.98. The van der Waals surface area contributed by atoms with Crippen LogP contribution in [0.5, 0.6) is 0 Å². The fraction of sp³-hybridized carbons (Fsp3) is 0.571. The molecule has 0 bridgehead atoms. The van der Waals surface area contributed by atoms with Crippen LogP contribution in [0.4, 0.5) is 0 Å². The largest absolute Gasteiger partial charge is 0.368 e. The number of amides is 2. The predicted octanol–water partition coefficient (Wildman–Crippen LogP) is 2.86. The molecular weight excluding hydrogens is 342 g/mol. The summed E-state index contributed by atoms with van der Waals surface area (Å²) in [7, 11) is 0. The van der Waals surface area contributed by atoms with Gasteiger partial charge < -0.3 is 10.4 Å². The first-order valence-electron chi connectivity index (χ1n) is 9.64. The van der Waals surface area contributed by atoms with Gasteiger partial charge in [0.15, 0.2) is 5.72 Å². The van der Waals surface area contributed by atoms with Gasteiger partial charge in [-0.3, -0.25) is 9.59 Å². The van der Waals surface area contributed by atoms with Crippen molar-refractivity contribution in [3.05, 3.63) is 35.9 Å². The first-order valence-corrected chi connectivity index (χ1v) is 9.64. The highest BCUT2D eigenvalue weighted by Crippen LogP contribution is 2.41. The zero-order chi connectivity index (χ0) is 20.1. The van der Waals surface area contributed by atoms with Gasteiger partial charge in [0, 0.05) is 24.1 Å². The predicted molar refractivity (Wildman–Crippen MR) is 106 cm³/mol. The van der Waals surface area contributed by atoms with Crippen LogP contribution in [-0.4, -0.2) is 39.9 Å². The van der Waals surface area contributed by atoms with Crippen molar-refractivity contribution >= 4 is 17.5 Å². The summed E-state index contributed by atoms with van der Waals surface area (Å²) < 4.78 is 0. The van der Waals surface area contributed by atoms with Gasteiger partial charge in [0.1, 0.15) is 0 Å². The SMILES string of the molecule is CCCCC1=NN(C(=O)C(=O)NCCc2ccccc2)C(O)(C(C)(C)C)C1. The Kier molecular flexibility index (Phi) is 6.76. The highest BCUT2D eigenvalue weighted by molar-refractivity contribution is 6.35. The summed E-state index contributed by atoms with van der Waals surface area (Å²) in [5, 5.41) is 19.2. The zero-order valence-corrected chi connectivity index (χ0v) is 16.8. The number of carbonyl (C=O) groups is 2. The number of hydrogen-bond donors (Lipinski definition) is 2. The normalized spacial score (nSPS) is 19.7. The smallest absolute Gasteiger partial charge is 0.334 e. The quantitative estimate of drug-likeness (QED) is 0.752. The van der Waals surface area contributed by atoms with E-state index in [9.17, 15) is 14.7 Å². The van der Waals surface area contributed by atoms with Crippen molar-refractivity contribution in [1.29, 1.82) is 0 Å². The third kappa shape index (κ3) is 4.95. The lowest BCUT2D eigenvalue weighted by Gasteiger charge is -2.41. The molecule has 1 aliphatic heterocycles. The summed E-state index contributed by atoms with van der Waals surface area (Å²) in [5.74, 6) is -1.55. The van der Waals surface area contributed by atoms with Crippen LogP contribution in [0, 0.1) is 5.41 Å². The lowest BCUT2D eigenvalue weighted by Crippen LogP contribution is -2.57. The second kappa shape index (κ2) is 8.65. The standard InChI is InChI=1S/C21H31N3O3/c1-5-6-12-17-15-21(27,20(2,3)4)24(23-17)19(26)18(25)22-14-13-16-10-8-7-9-11-16/h7-11,27H,5-6,12-15H2,1-4H3,(H,22,25). The van der Waals surface area contributed by atoms with E-state index in [1.54, 1.807) is 0 Å². The third-order valence-electron chi connectivity index (χ3n) is 4.99. The first-order chi connectivity index (χ1) is 12.7. The zero-order valence-electron chi connectivity index (χ0n) is 16.8. The van der Waals surface area contributed by atoms with E-state index in [0.29, 0.717) is 19.4 Å². The second-order valence-electron chi connectivity index (χ2n) is 8.12. The number of benzene rings is 1. The minimum Gasteiger partial charge on any atom is -0.368 e. The monoisotopic (exact) mass is 373 g/mol. The Morgan fingerprint density at radius 2 is 1.89 bits per heavy atom. The van der Waals surface area contributed by atoms with E-state index in [1.165, 1.54) is 0 Å². The molecule has 1 atom stereocenters. The fourth-order valence-corrected chi connectivity index (χ4v) is 3.07. The molecule has 0 saturated heterocycles. The molecule has 27 heavy (non-hydrogen) atoms. The van der Waals surface area contributed by atoms with Gasteiger partial charge in [-0.2, -0.15) is 10.1 Å². The summed E-state index contributed by atoms with van der Waals surface area (Å²) in [6.07, 6.45) is 3.56. The van der Waals surface area contributed by atoms with E-state index in [4.69, 9.17) is 0 Å². The molecule has 2 rings (SSSR count). The molecule has 0 saturated carbocycles. The summed E-state index contributed by atoms with van der Waals surface area (Å²) >= 11 is 0. The van der Waals surface area contributed by atoms with Crippen molar-refractivity contribution in [3.63, 3.8) is 0 Å². The Hall–Kier alpha value is -2.21. The number of unbranched alkanes of at least 4 members (excludes halogenated alkanes) is 1. The summed E-state index contributed by atoms with van der Waals surface area (Å²) in [5.41, 5.74) is -0.286. The molecule has 2 N–H and O–H groups in total. The lowest BCUT2D eigenvalue weighted by atomic mass is 9.79. The molecule has 2 amide bonds. The van der Waals surface area contributed by atoms with Crippen LogP contribution in [0.1, 0.15) is 58.9 Å². The lowest BCUT2D eigenvalue weighted by molar-refractivity contribution is -0.184. The van der Waals surface area contributed by atoms with Gasteiger partial charge in [-0.05, 0) is 24.8 Å². The number of hydrazone groups is 1. The summed E-state index contributed by atoms with van der Waals surface area (Å²) in [4.78, 5) is 25.1. The minimum atomic E-state index is -1.50. The summed E-state index contributed by atoms with van der Waals surface area (Å²) in [6, 6.07) is 9.74. The number of nitrogens with zero attached hydrogens (tertiary/aromatic N) is 2. The molecule has 0 aliphatic carbocycles. The molecule has 0 aromatic heterocycles. The van der Waals surface area contributed by atoms with Gasteiger partial charge in [-0.15, -0.1) is 0 Å². The van der Waals surface area contributed by atoms with Gasteiger partial charge in [-0.25, -0.2) is 0 Å². The Morgan fingerprint density at radius 3 is 2.48 bits per heavy atom. The maximum Gasteiger partial charge on any atom is 0.334 e. The Labute approximate surface area is 161 Å². The van der Waals surface area contributed by atoms with Crippen LogP contribution in [0.25, 0.3) is 0 Å². The van der Waals surface area contributed by atoms with E-state index >= 15 is 0 Å². The molecule has 1 aromatic rings. The number of nitrogens with one attached hydrogen (secondary N) is 1. The van der Waals surface area contributed by atoms with Crippen LogP contribution < -0.4 is 5.32 Å². The van der Waals surface area contributed by atoms with E-state index < -0.39 is 23.0 Å². The van der Waals surface area contributed by atoms with Crippen molar-refractivity contribution < 1.29 is 14.7 Å². The molecule has 1 aromatic carbocycles. The first kappa shape index (κ1) is 21.1. The number of carbonyl (C=O) groups excluding carboxylic acids is 2. The Balaban J connectivity index is 2.05. The Morgan fingerprint density at radius 1 is 1.22 bits per heavy atom. The van der Waals surface area contributed by atoms with Gasteiger partial charge in [0.2, 0.25) is 0 Å². The van der Waals surface area contributed by atoms with Crippen molar-refractivity contribution in [2.45, 2.75) is 65.5 Å². The van der Waals surface area contributed by atoms with E-state index in [1.807, 2.05) is 51.1 Å². The third-order valence-corrected chi connectivity index (χ3v) is 4.99. The van der Waals surface area contributed by atoms with Gasteiger partial charge >= 0.3 is 11.8 Å². The highest BCUT2D eigenvalue weighted by atomic mass is 16.3. The van der Waals surface area contributed by atoms with Crippen LogP contribution in [0.3, 0.4) is 0 Å². The molecule has 1 aliphatic rings. The van der Waals surface area contributed by atoms with Gasteiger partial charge in [0.05, 0.1) is 0 Å². The van der Waals surface area contributed by atoms with E-state index in [-0.39, 0.29) is 6.42 Å². The second-order valence-corrected chi connectivity index (χ2v) is 8.12. The molecule has 6 nitrogen and oxygen atoms in total. The van der Waals surface area contributed by atoms with Crippen LogP contribution in [0.2, 0.25) is 0 Å². The highest BCUT2D eigenvalue weighted by Gasteiger charge is 2.53. The topological polar surface area (TPSA) is 82.0 Å². The minimum absolute atomic E-state index is 0.277. The molecule has 6 heteroatoms. The van der Waals surface area contributed by atoms with Crippen molar-refractivity contribution in [3.8, 4) is 0 Å². The van der Waals surface area contributed by atoms with Crippen LogP contribution in [0.15, 0.2) is 35.4 Å². The fourth-order valence-electron chi connectivity index (χ4n) is 3.07. The number of rotatable bonds is 6. The summed E-state index contributed by atoms with van der Waals surface area (Å²) in [6.45, 7) is 7.97. The van der Waals surface area contributed by atoms with Crippen molar-refractivity contribution in [2.24, 2.45) is 10.5 Å². The average molecular weight is 373 g/mol. The van der Waals surface area contributed by atoms with Crippen molar-refractivity contribution in [1.82, 2.24) is 10.3 Å². The maximum atomic E-state index is 12.7. The molecular formula is C21H31N3O3.